The van der Waals surface area contributed by atoms with Gasteiger partial charge >= 0.3 is 12.1 Å². The molecule has 0 saturated heterocycles. The number of anilines is 1. The highest BCUT2D eigenvalue weighted by molar-refractivity contribution is 6.17. The minimum Gasteiger partial charge on any atom is -0.493 e. The zero-order chi connectivity index (χ0) is 26.2. The van der Waals surface area contributed by atoms with E-state index in [4.69, 9.17) is 9.47 Å². The minimum atomic E-state index is -4.64. The van der Waals surface area contributed by atoms with Crippen LogP contribution in [0.25, 0.3) is 10.8 Å². The molecule has 0 spiro atoms. The zero-order valence-electron chi connectivity index (χ0n) is 19.5. The number of fused-ring (bicyclic) bond motifs is 2. The van der Waals surface area contributed by atoms with Crippen molar-refractivity contribution in [3.05, 3.63) is 65.0 Å². The standard InChI is InChI=1S/C26H23F4NO5/c1-3-15(25(33)34)14-9-10-20(19(27)11-14)31-12-18-21(24(31)32)23(36-13-26(28,29)30)17-8-6-5-7-16(17)22(18)35-4-2/h5-11,15H,3-4,12-13H2,1-2H3,(H,33,34). The van der Waals surface area contributed by atoms with Gasteiger partial charge in [-0.15, -0.1) is 0 Å². The largest absolute Gasteiger partial charge is 0.493 e. The molecule has 3 aromatic carbocycles. The molecule has 0 aliphatic carbocycles. The summed E-state index contributed by atoms with van der Waals surface area (Å²) in [6, 6.07) is 10.3. The third-order valence-electron chi connectivity index (χ3n) is 6.03. The Kier molecular flexibility index (Phi) is 6.79. The number of carboxylic acid groups (broad SMARTS) is 1. The van der Waals surface area contributed by atoms with E-state index in [1.807, 2.05) is 0 Å². The van der Waals surface area contributed by atoms with Gasteiger partial charge in [-0.05, 0) is 31.0 Å². The van der Waals surface area contributed by atoms with Gasteiger partial charge in [-0.1, -0.05) is 37.3 Å². The van der Waals surface area contributed by atoms with Gasteiger partial charge in [0.1, 0.15) is 17.3 Å². The van der Waals surface area contributed by atoms with E-state index in [0.29, 0.717) is 11.1 Å². The molecule has 1 aliphatic rings. The van der Waals surface area contributed by atoms with Gasteiger partial charge in [0.05, 0.1) is 30.3 Å². The Balaban J connectivity index is 1.85. The third kappa shape index (κ3) is 4.55. The molecule has 0 saturated carbocycles. The Bertz CT molecular complexity index is 1340. The number of nitrogens with zero attached hydrogens (tertiary/aromatic N) is 1. The highest BCUT2D eigenvalue weighted by Crippen LogP contribution is 2.46. The lowest BCUT2D eigenvalue weighted by Gasteiger charge is -2.19. The van der Waals surface area contributed by atoms with Gasteiger partial charge in [-0.3, -0.25) is 9.59 Å². The van der Waals surface area contributed by atoms with Crippen LogP contribution in [0.2, 0.25) is 0 Å². The number of carbonyl (C=O) groups excluding carboxylic acids is 1. The molecule has 190 valence electrons. The van der Waals surface area contributed by atoms with Crippen LogP contribution in [0.15, 0.2) is 42.5 Å². The predicted molar refractivity (Wildman–Crippen MR) is 124 cm³/mol. The fraction of sp³-hybridized carbons (Fsp3) is 0.308. The number of amides is 1. The van der Waals surface area contributed by atoms with Crippen molar-refractivity contribution in [3.8, 4) is 11.5 Å². The summed E-state index contributed by atoms with van der Waals surface area (Å²) in [4.78, 5) is 26.1. The fourth-order valence-electron chi connectivity index (χ4n) is 4.49. The van der Waals surface area contributed by atoms with E-state index in [0.717, 1.165) is 11.0 Å². The number of halogens is 4. The van der Waals surface area contributed by atoms with Crippen molar-refractivity contribution in [2.24, 2.45) is 0 Å². The third-order valence-corrected chi connectivity index (χ3v) is 6.03. The van der Waals surface area contributed by atoms with Crippen LogP contribution >= 0.6 is 0 Å². The van der Waals surface area contributed by atoms with Crippen molar-refractivity contribution in [1.29, 1.82) is 0 Å². The summed E-state index contributed by atoms with van der Waals surface area (Å²) in [5, 5.41) is 10.1. The van der Waals surface area contributed by atoms with Crippen molar-refractivity contribution in [1.82, 2.24) is 0 Å². The summed E-state index contributed by atoms with van der Waals surface area (Å²) in [7, 11) is 0. The number of hydrogen-bond donors (Lipinski definition) is 1. The Morgan fingerprint density at radius 3 is 2.31 bits per heavy atom. The molecule has 1 heterocycles. The summed E-state index contributed by atoms with van der Waals surface area (Å²) < 4.78 is 65.3. The van der Waals surface area contributed by atoms with Crippen molar-refractivity contribution in [3.63, 3.8) is 0 Å². The molecule has 4 rings (SSSR count). The Morgan fingerprint density at radius 2 is 1.75 bits per heavy atom. The number of benzene rings is 3. The zero-order valence-corrected chi connectivity index (χ0v) is 19.5. The Hall–Kier alpha value is -3.82. The molecule has 0 radical (unpaired) electrons. The van der Waals surface area contributed by atoms with Crippen LogP contribution < -0.4 is 14.4 Å². The van der Waals surface area contributed by atoms with Crippen molar-refractivity contribution < 1.29 is 41.7 Å². The van der Waals surface area contributed by atoms with Crippen molar-refractivity contribution in [2.75, 3.05) is 18.1 Å². The number of ether oxygens (including phenoxy) is 2. The van der Waals surface area contributed by atoms with E-state index >= 15 is 4.39 Å². The van der Waals surface area contributed by atoms with Gasteiger partial charge in [-0.25, -0.2) is 4.39 Å². The molecule has 6 nitrogen and oxygen atoms in total. The Labute approximate surface area is 204 Å². The number of alkyl halides is 3. The molecule has 1 N–H and O–H groups in total. The molecule has 1 aliphatic heterocycles. The monoisotopic (exact) mass is 505 g/mol. The molecule has 0 aromatic heterocycles. The molecule has 3 aromatic rings. The topological polar surface area (TPSA) is 76.1 Å². The molecule has 1 amide bonds. The molecule has 0 fully saturated rings. The fourth-order valence-corrected chi connectivity index (χ4v) is 4.49. The van der Waals surface area contributed by atoms with E-state index in [2.05, 4.69) is 0 Å². The van der Waals surface area contributed by atoms with Crippen LogP contribution in [0.4, 0.5) is 23.2 Å². The molecule has 10 heteroatoms. The quantitative estimate of drug-likeness (QED) is 0.377. The first-order chi connectivity index (χ1) is 17.1. The summed E-state index contributed by atoms with van der Waals surface area (Å²) in [5.74, 6) is -3.53. The second-order valence-corrected chi connectivity index (χ2v) is 8.30. The number of carbonyl (C=O) groups is 2. The molecular formula is C26H23F4NO5. The normalized spacial score (nSPS) is 14.2. The number of aliphatic carboxylic acids is 1. The van der Waals surface area contributed by atoms with Crippen LogP contribution in [0.1, 0.15) is 47.7 Å². The summed E-state index contributed by atoms with van der Waals surface area (Å²) in [5.41, 5.74) is 0.277. The average molecular weight is 505 g/mol. The van der Waals surface area contributed by atoms with E-state index in [1.165, 1.54) is 18.2 Å². The van der Waals surface area contributed by atoms with Crippen LogP contribution in [0, 0.1) is 5.82 Å². The van der Waals surface area contributed by atoms with E-state index in [-0.39, 0.29) is 53.1 Å². The van der Waals surface area contributed by atoms with Gasteiger partial charge in [0.15, 0.2) is 6.61 Å². The molecule has 36 heavy (non-hydrogen) atoms. The predicted octanol–water partition coefficient (Wildman–Crippen LogP) is 6.06. The molecule has 1 atom stereocenters. The maximum Gasteiger partial charge on any atom is 0.422 e. The second kappa shape index (κ2) is 9.67. The van der Waals surface area contributed by atoms with Gasteiger partial charge in [0.2, 0.25) is 0 Å². The maximum atomic E-state index is 15.2. The van der Waals surface area contributed by atoms with Crippen LogP contribution in [0.5, 0.6) is 11.5 Å². The molecular weight excluding hydrogens is 482 g/mol. The minimum absolute atomic E-state index is 0.123. The first kappa shape index (κ1) is 25.3. The highest BCUT2D eigenvalue weighted by Gasteiger charge is 2.39. The summed E-state index contributed by atoms with van der Waals surface area (Å²) in [6.45, 7) is 1.84. The van der Waals surface area contributed by atoms with E-state index in [9.17, 15) is 27.9 Å². The first-order valence-corrected chi connectivity index (χ1v) is 11.3. The first-order valence-electron chi connectivity index (χ1n) is 11.3. The average Bonchev–Trinajstić information content (AvgIpc) is 3.15. The van der Waals surface area contributed by atoms with Crippen molar-refractivity contribution >= 4 is 28.3 Å². The van der Waals surface area contributed by atoms with Crippen LogP contribution in [-0.2, 0) is 11.3 Å². The number of carboxylic acids is 1. The molecule has 0 bridgehead atoms. The van der Waals surface area contributed by atoms with Gasteiger partial charge in [-0.2, -0.15) is 13.2 Å². The summed E-state index contributed by atoms with van der Waals surface area (Å²) >= 11 is 0. The smallest absolute Gasteiger partial charge is 0.422 e. The number of rotatable bonds is 8. The van der Waals surface area contributed by atoms with Gasteiger partial charge < -0.3 is 19.5 Å². The number of hydrogen-bond acceptors (Lipinski definition) is 4. The Morgan fingerprint density at radius 1 is 1.08 bits per heavy atom. The van der Waals surface area contributed by atoms with Crippen LogP contribution in [-0.4, -0.2) is 36.4 Å². The van der Waals surface area contributed by atoms with Crippen molar-refractivity contribution in [2.45, 2.75) is 38.9 Å². The van der Waals surface area contributed by atoms with E-state index in [1.54, 1.807) is 32.0 Å². The summed E-state index contributed by atoms with van der Waals surface area (Å²) in [6.07, 6.45) is -4.40. The lowest BCUT2D eigenvalue weighted by atomic mass is 9.96. The highest BCUT2D eigenvalue weighted by atomic mass is 19.4. The lowest BCUT2D eigenvalue weighted by Crippen LogP contribution is -2.25. The van der Waals surface area contributed by atoms with Gasteiger partial charge in [0.25, 0.3) is 5.91 Å². The molecule has 1 unspecified atom stereocenters. The SMILES string of the molecule is CCOc1c2c(c(OCC(F)(F)F)c3ccccc13)C(=O)N(c1ccc(C(CC)C(=O)O)cc1F)C2. The maximum absolute atomic E-state index is 15.2. The van der Waals surface area contributed by atoms with Crippen LogP contribution in [0.3, 0.4) is 0 Å². The van der Waals surface area contributed by atoms with E-state index < -0.39 is 36.4 Å². The van der Waals surface area contributed by atoms with Gasteiger partial charge in [0, 0.05) is 16.3 Å². The second-order valence-electron chi connectivity index (χ2n) is 8.30. The lowest BCUT2D eigenvalue weighted by molar-refractivity contribution is -0.153.